The van der Waals surface area contributed by atoms with E-state index in [-0.39, 0.29) is 17.1 Å². The first-order chi connectivity index (χ1) is 14.1. The maximum Gasteiger partial charge on any atom is 0.343 e. The number of carboxylic acid groups (broad SMARTS) is 1. The number of nitrogens with one attached hydrogen (secondary N) is 1. The molecule has 0 aliphatic heterocycles. The molecule has 0 bridgehead atoms. The van der Waals surface area contributed by atoms with Gasteiger partial charge in [-0.05, 0) is 42.3 Å². The molecule has 0 spiro atoms. The molecule has 152 valence electrons. The van der Waals surface area contributed by atoms with Gasteiger partial charge in [0.25, 0.3) is 0 Å². The number of benzene rings is 2. The molecule has 0 saturated carbocycles. The first kappa shape index (κ1) is 20.1. The highest BCUT2D eigenvalue weighted by Gasteiger charge is 2.23. The van der Waals surface area contributed by atoms with Gasteiger partial charge in [0, 0.05) is 18.2 Å². The van der Waals surface area contributed by atoms with Crippen LogP contribution in [0.3, 0.4) is 0 Å². The monoisotopic (exact) mass is 398 g/mol. The molecular weight excluding hydrogens is 376 g/mol. The Hall–Kier alpha value is -3.68. The molecule has 2 N–H and O–H groups in total. The number of aromatic carboxylic acids is 1. The topological polar surface area (TPSA) is 103 Å². The highest BCUT2D eigenvalue weighted by Crippen LogP contribution is 2.31. The highest BCUT2D eigenvalue weighted by atomic mass is 16.5. The van der Waals surface area contributed by atoms with E-state index in [2.05, 4.69) is 10.5 Å². The molecule has 8 nitrogen and oxygen atoms in total. The zero-order valence-corrected chi connectivity index (χ0v) is 16.4. The largest absolute Gasteiger partial charge is 0.497 e. The van der Waals surface area contributed by atoms with Crippen molar-refractivity contribution in [1.82, 2.24) is 5.16 Å². The van der Waals surface area contributed by atoms with Gasteiger partial charge >= 0.3 is 5.97 Å². The lowest BCUT2D eigenvalue weighted by molar-refractivity contribution is 0.0698. The van der Waals surface area contributed by atoms with Gasteiger partial charge in [-0.25, -0.2) is 4.79 Å². The van der Waals surface area contributed by atoms with Crippen molar-refractivity contribution in [1.29, 1.82) is 0 Å². The number of hydrogen-bond acceptors (Lipinski definition) is 7. The van der Waals surface area contributed by atoms with Gasteiger partial charge in [0.15, 0.2) is 17.1 Å². The van der Waals surface area contributed by atoms with Crippen LogP contribution in [0.4, 0.5) is 5.82 Å². The summed E-state index contributed by atoms with van der Waals surface area (Å²) in [4.78, 5) is 11.8. The molecule has 29 heavy (non-hydrogen) atoms. The number of nitrogens with zero attached hydrogens (tertiary/aromatic N) is 1. The summed E-state index contributed by atoms with van der Waals surface area (Å²) in [6.45, 7) is 0.442. The number of carbonyl (C=O) groups is 1. The van der Waals surface area contributed by atoms with E-state index in [9.17, 15) is 9.90 Å². The Morgan fingerprint density at radius 1 is 1.03 bits per heavy atom. The Labute approximate surface area is 168 Å². The Morgan fingerprint density at radius 2 is 1.72 bits per heavy atom. The minimum Gasteiger partial charge on any atom is -0.497 e. The molecule has 0 radical (unpaired) electrons. The summed E-state index contributed by atoms with van der Waals surface area (Å²) in [5.74, 6) is 1.30. The fraction of sp³-hybridized carbons (Fsp3) is 0.238. The number of anilines is 1. The van der Waals surface area contributed by atoms with Crippen molar-refractivity contribution < 1.29 is 28.6 Å². The van der Waals surface area contributed by atoms with E-state index < -0.39 is 5.97 Å². The second-order valence-electron chi connectivity index (χ2n) is 6.12. The van der Waals surface area contributed by atoms with Crippen LogP contribution in [0.5, 0.6) is 17.2 Å². The number of hydrogen-bond donors (Lipinski definition) is 2. The van der Waals surface area contributed by atoms with Gasteiger partial charge in [-0.3, -0.25) is 0 Å². The second kappa shape index (κ2) is 9.01. The van der Waals surface area contributed by atoms with E-state index in [0.29, 0.717) is 35.8 Å². The van der Waals surface area contributed by atoms with Crippen molar-refractivity contribution in [2.75, 3.05) is 33.2 Å². The van der Waals surface area contributed by atoms with Crippen LogP contribution in [0.25, 0.3) is 11.3 Å². The van der Waals surface area contributed by atoms with Gasteiger partial charge in [0.2, 0.25) is 0 Å². The SMILES string of the molecule is COc1ccc(-c2onc(NCCc3ccc(OC)cc3OC)c2C(=O)O)cc1. The zero-order valence-electron chi connectivity index (χ0n) is 16.4. The molecular formula is C21H22N2O6. The first-order valence-corrected chi connectivity index (χ1v) is 8.89. The summed E-state index contributed by atoms with van der Waals surface area (Å²) in [7, 11) is 4.74. The molecule has 0 fully saturated rings. The Morgan fingerprint density at radius 3 is 2.34 bits per heavy atom. The lowest BCUT2D eigenvalue weighted by Gasteiger charge is -2.11. The van der Waals surface area contributed by atoms with Gasteiger partial charge in [-0.15, -0.1) is 0 Å². The predicted octanol–water partition coefficient (Wildman–Crippen LogP) is 3.72. The standard InChI is InChI=1S/C21H22N2O6/c1-26-15-7-5-14(6-8-15)19-18(21(24)25)20(23-29-19)22-11-10-13-4-9-16(27-2)12-17(13)28-3/h4-9,12H,10-11H2,1-3H3,(H,22,23)(H,24,25). The molecule has 1 heterocycles. The van der Waals surface area contributed by atoms with E-state index in [0.717, 1.165) is 5.56 Å². The smallest absolute Gasteiger partial charge is 0.343 e. The third-order valence-electron chi connectivity index (χ3n) is 4.44. The van der Waals surface area contributed by atoms with E-state index in [4.69, 9.17) is 18.7 Å². The molecule has 0 saturated heterocycles. The van der Waals surface area contributed by atoms with Crippen LogP contribution in [-0.2, 0) is 6.42 Å². The number of methoxy groups -OCH3 is 3. The summed E-state index contributed by atoms with van der Waals surface area (Å²) in [6, 6.07) is 12.5. The van der Waals surface area contributed by atoms with E-state index in [1.54, 1.807) is 51.7 Å². The fourth-order valence-corrected chi connectivity index (χ4v) is 2.92. The molecule has 3 rings (SSSR count). The third kappa shape index (κ3) is 4.43. The minimum atomic E-state index is -1.12. The maximum absolute atomic E-state index is 11.8. The van der Waals surface area contributed by atoms with E-state index in [1.807, 2.05) is 12.1 Å². The quantitative estimate of drug-likeness (QED) is 0.562. The Bertz CT molecular complexity index is 981. The minimum absolute atomic E-state index is 0.0168. The Kier molecular flexibility index (Phi) is 6.23. The number of rotatable bonds is 9. The van der Waals surface area contributed by atoms with E-state index in [1.165, 1.54) is 0 Å². The van der Waals surface area contributed by atoms with Crippen molar-refractivity contribution in [3.8, 4) is 28.6 Å². The molecule has 8 heteroatoms. The fourth-order valence-electron chi connectivity index (χ4n) is 2.92. The molecule has 2 aromatic carbocycles. The van der Waals surface area contributed by atoms with Crippen LogP contribution in [0.2, 0.25) is 0 Å². The maximum atomic E-state index is 11.8. The molecule has 0 amide bonds. The second-order valence-corrected chi connectivity index (χ2v) is 6.12. The summed E-state index contributed by atoms with van der Waals surface area (Å²) >= 11 is 0. The van der Waals surface area contributed by atoms with Gasteiger partial charge in [-0.2, -0.15) is 0 Å². The molecule has 0 aliphatic carbocycles. The van der Waals surface area contributed by atoms with Crippen molar-refractivity contribution in [2.45, 2.75) is 6.42 Å². The predicted molar refractivity (Wildman–Crippen MR) is 107 cm³/mol. The van der Waals surface area contributed by atoms with Crippen LogP contribution in [-0.4, -0.2) is 44.1 Å². The van der Waals surface area contributed by atoms with Gasteiger partial charge in [0.1, 0.15) is 17.2 Å². The molecule has 1 aromatic heterocycles. The molecule has 0 aliphatic rings. The summed E-state index contributed by atoms with van der Waals surface area (Å²) in [5, 5.41) is 16.6. The van der Waals surface area contributed by atoms with Crippen molar-refractivity contribution in [2.24, 2.45) is 0 Å². The Balaban J connectivity index is 1.76. The average Bonchev–Trinajstić information content (AvgIpc) is 3.18. The number of carboxylic acids is 1. The van der Waals surface area contributed by atoms with Crippen molar-refractivity contribution >= 4 is 11.8 Å². The number of aromatic nitrogens is 1. The summed E-state index contributed by atoms with van der Waals surface area (Å²) < 4.78 is 21.0. The highest BCUT2D eigenvalue weighted by molar-refractivity contribution is 5.99. The lowest BCUT2D eigenvalue weighted by atomic mass is 10.1. The first-order valence-electron chi connectivity index (χ1n) is 8.89. The molecule has 3 aromatic rings. The van der Waals surface area contributed by atoms with Crippen LogP contribution < -0.4 is 19.5 Å². The number of ether oxygens (including phenoxy) is 3. The van der Waals surface area contributed by atoms with Gasteiger partial charge < -0.3 is 29.2 Å². The average molecular weight is 398 g/mol. The zero-order chi connectivity index (χ0) is 20.8. The molecule has 0 unspecified atom stereocenters. The van der Waals surface area contributed by atoms with Crippen LogP contribution in [0.1, 0.15) is 15.9 Å². The summed E-state index contributed by atoms with van der Waals surface area (Å²) in [6.07, 6.45) is 0.594. The van der Waals surface area contributed by atoms with Crippen LogP contribution >= 0.6 is 0 Å². The van der Waals surface area contributed by atoms with Crippen LogP contribution in [0, 0.1) is 0 Å². The van der Waals surface area contributed by atoms with Gasteiger partial charge in [-0.1, -0.05) is 11.2 Å². The van der Waals surface area contributed by atoms with Gasteiger partial charge in [0.05, 0.1) is 21.3 Å². The lowest BCUT2D eigenvalue weighted by Crippen LogP contribution is -2.10. The van der Waals surface area contributed by atoms with Crippen LogP contribution in [0.15, 0.2) is 47.0 Å². The third-order valence-corrected chi connectivity index (χ3v) is 4.44. The van der Waals surface area contributed by atoms with E-state index >= 15 is 0 Å². The molecule has 0 atom stereocenters. The normalized spacial score (nSPS) is 10.4. The van der Waals surface area contributed by atoms with Crippen molar-refractivity contribution in [3.63, 3.8) is 0 Å². The summed E-state index contributed by atoms with van der Waals surface area (Å²) in [5.41, 5.74) is 1.54. The van der Waals surface area contributed by atoms with Crippen molar-refractivity contribution in [3.05, 3.63) is 53.6 Å².